The summed E-state index contributed by atoms with van der Waals surface area (Å²) >= 11 is 0. The minimum absolute atomic E-state index is 0.104. The van der Waals surface area contributed by atoms with Crippen molar-refractivity contribution in [3.63, 3.8) is 0 Å². The van der Waals surface area contributed by atoms with Crippen molar-refractivity contribution in [1.29, 1.82) is 0 Å². The van der Waals surface area contributed by atoms with Crippen LogP contribution < -0.4 is 0 Å². The molecule has 0 rings (SSSR count). The van der Waals surface area contributed by atoms with Gasteiger partial charge in [0.1, 0.15) is 19.3 Å². The van der Waals surface area contributed by atoms with Crippen molar-refractivity contribution in [3.05, 3.63) is 0 Å². The second-order valence-electron chi connectivity index (χ2n) is 28.4. The van der Waals surface area contributed by atoms with Crippen LogP contribution in [0.15, 0.2) is 0 Å². The minimum atomic E-state index is -4.96. The Morgan fingerprint density at radius 1 is 0.301 bits per heavy atom. The summed E-state index contributed by atoms with van der Waals surface area (Å²) in [5.41, 5.74) is 0. The molecule has 552 valence electrons. The maximum Gasteiger partial charge on any atom is 0.472 e. The molecule has 0 bridgehead atoms. The molecule has 0 spiro atoms. The van der Waals surface area contributed by atoms with Crippen molar-refractivity contribution in [2.45, 2.75) is 388 Å². The van der Waals surface area contributed by atoms with E-state index in [0.717, 1.165) is 114 Å². The van der Waals surface area contributed by atoms with E-state index in [1.165, 1.54) is 167 Å². The lowest BCUT2D eigenvalue weighted by Gasteiger charge is -2.21. The highest BCUT2D eigenvalue weighted by molar-refractivity contribution is 7.47. The van der Waals surface area contributed by atoms with Crippen LogP contribution in [0.3, 0.4) is 0 Å². The van der Waals surface area contributed by atoms with Gasteiger partial charge < -0.3 is 33.8 Å². The third-order valence-corrected chi connectivity index (χ3v) is 19.3. The largest absolute Gasteiger partial charge is 0.472 e. The summed E-state index contributed by atoms with van der Waals surface area (Å²) in [6, 6.07) is 0. The van der Waals surface area contributed by atoms with Crippen molar-refractivity contribution in [3.8, 4) is 0 Å². The average molecular weight is 1370 g/mol. The molecule has 0 aromatic rings. The molecule has 0 fully saturated rings. The standard InChI is InChI=1S/C74H144O17P2/c1-9-67(8)53-45-37-28-22-14-12-10-11-13-15-24-30-40-48-56-73(78)90-69(60-84-71(76)54-46-38-29-23-18-16-20-26-34-42-50-64(2)3)62-88-92(80,81)86-58-68(75)59-87-93(82,83)89-63-70(61-85-72(77)55-47-39-33-32-36-44-52-66(6)7)91-74(79)57-49-41-31-25-19-17-21-27-35-43-51-65(4)5/h64-70,75H,9-63H2,1-8H3,(H,80,81)(H,82,83)/t67?,68-,69-,70-/m1/s1. The molecule has 0 aromatic heterocycles. The van der Waals surface area contributed by atoms with Crippen LogP contribution in [-0.2, 0) is 65.4 Å². The van der Waals surface area contributed by atoms with Crippen LogP contribution in [0.2, 0.25) is 0 Å². The smallest absolute Gasteiger partial charge is 0.462 e. The van der Waals surface area contributed by atoms with Gasteiger partial charge in [0.05, 0.1) is 26.4 Å². The van der Waals surface area contributed by atoms with E-state index in [0.29, 0.717) is 31.6 Å². The molecule has 0 aliphatic carbocycles. The Morgan fingerprint density at radius 2 is 0.516 bits per heavy atom. The molecule has 17 nitrogen and oxygen atoms in total. The molecule has 0 heterocycles. The number of carbonyl (C=O) groups excluding carboxylic acids is 4. The highest BCUT2D eigenvalue weighted by Gasteiger charge is 2.30. The van der Waals surface area contributed by atoms with Gasteiger partial charge in [0, 0.05) is 25.7 Å². The third-order valence-electron chi connectivity index (χ3n) is 17.4. The number of aliphatic hydroxyl groups excluding tert-OH is 1. The van der Waals surface area contributed by atoms with Gasteiger partial charge in [0.15, 0.2) is 12.2 Å². The van der Waals surface area contributed by atoms with E-state index in [1.807, 2.05) is 0 Å². The number of hydrogen-bond donors (Lipinski definition) is 3. The summed E-state index contributed by atoms with van der Waals surface area (Å²) in [4.78, 5) is 72.7. The van der Waals surface area contributed by atoms with Gasteiger partial charge in [-0.3, -0.25) is 37.3 Å². The SMILES string of the molecule is CCC(C)CCCCCCCCCCCCCCCCC(=O)O[C@H](COC(=O)CCCCCCCCCCCCC(C)C)COP(=O)(O)OC[C@@H](O)COP(=O)(O)OC[C@@H](COC(=O)CCCCCCCCC(C)C)OC(=O)CCCCCCCCCCCCC(C)C. The van der Waals surface area contributed by atoms with Crippen molar-refractivity contribution in [1.82, 2.24) is 0 Å². The molecular weight excluding hydrogens is 1220 g/mol. The Bertz CT molecular complexity index is 1840. The molecule has 0 saturated heterocycles. The van der Waals surface area contributed by atoms with Crippen LogP contribution in [0.5, 0.6) is 0 Å². The second-order valence-corrected chi connectivity index (χ2v) is 31.3. The van der Waals surface area contributed by atoms with Gasteiger partial charge in [-0.2, -0.15) is 0 Å². The van der Waals surface area contributed by atoms with Crippen LogP contribution >= 0.6 is 15.6 Å². The average Bonchev–Trinajstić information content (AvgIpc) is 3.02. The van der Waals surface area contributed by atoms with E-state index in [9.17, 15) is 43.2 Å². The van der Waals surface area contributed by atoms with Crippen molar-refractivity contribution >= 4 is 39.5 Å². The van der Waals surface area contributed by atoms with Gasteiger partial charge >= 0.3 is 39.5 Å². The van der Waals surface area contributed by atoms with Crippen molar-refractivity contribution < 1.29 is 80.2 Å². The topological polar surface area (TPSA) is 237 Å². The number of esters is 4. The van der Waals surface area contributed by atoms with Crippen molar-refractivity contribution in [2.24, 2.45) is 23.7 Å². The number of phosphoric ester groups is 2. The zero-order valence-electron chi connectivity index (χ0n) is 60.9. The van der Waals surface area contributed by atoms with Gasteiger partial charge in [-0.05, 0) is 49.4 Å². The first kappa shape index (κ1) is 91.1. The van der Waals surface area contributed by atoms with Crippen LogP contribution in [0.1, 0.15) is 370 Å². The maximum absolute atomic E-state index is 13.1. The second kappa shape index (κ2) is 63.5. The van der Waals surface area contributed by atoms with Gasteiger partial charge in [-0.1, -0.05) is 319 Å². The summed E-state index contributed by atoms with van der Waals surface area (Å²) in [6.45, 7) is 14.1. The van der Waals surface area contributed by atoms with E-state index < -0.39 is 97.5 Å². The molecule has 0 saturated carbocycles. The van der Waals surface area contributed by atoms with Crippen LogP contribution in [-0.4, -0.2) is 96.7 Å². The number of unbranched alkanes of at least 4 members (excludes halogenated alkanes) is 36. The van der Waals surface area contributed by atoms with Crippen molar-refractivity contribution in [2.75, 3.05) is 39.6 Å². The van der Waals surface area contributed by atoms with E-state index in [1.54, 1.807) is 0 Å². The Balaban J connectivity index is 5.24. The number of rotatable bonds is 71. The molecule has 0 aliphatic heterocycles. The van der Waals surface area contributed by atoms with Crippen LogP contribution in [0.4, 0.5) is 0 Å². The zero-order valence-corrected chi connectivity index (χ0v) is 62.7. The molecule has 0 aliphatic rings. The van der Waals surface area contributed by atoms with E-state index in [-0.39, 0.29) is 25.7 Å². The monoisotopic (exact) mass is 1370 g/mol. The number of ether oxygens (including phenoxy) is 4. The molecule has 0 radical (unpaired) electrons. The summed E-state index contributed by atoms with van der Waals surface area (Å²) < 4.78 is 68.4. The lowest BCUT2D eigenvalue weighted by Crippen LogP contribution is -2.30. The fourth-order valence-electron chi connectivity index (χ4n) is 11.2. The Kier molecular flexibility index (Phi) is 62.2. The van der Waals surface area contributed by atoms with E-state index in [4.69, 9.17) is 37.0 Å². The van der Waals surface area contributed by atoms with Gasteiger partial charge in [-0.25, -0.2) is 9.13 Å². The quantitative estimate of drug-likeness (QED) is 0.0222. The van der Waals surface area contributed by atoms with Gasteiger partial charge in [-0.15, -0.1) is 0 Å². The predicted octanol–water partition coefficient (Wildman–Crippen LogP) is 21.3. The van der Waals surface area contributed by atoms with Crippen LogP contribution in [0.25, 0.3) is 0 Å². The Labute approximate surface area is 568 Å². The highest BCUT2D eigenvalue weighted by atomic mass is 31.2. The fraction of sp³-hybridized carbons (Fsp3) is 0.946. The molecule has 0 amide bonds. The van der Waals surface area contributed by atoms with E-state index >= 15 is 0 Å². The highest BCUT2D eigenvalue weighted by Crippen LogP contribution is 2.45. The zero-order chi connectivity index (χ0) is 68.9. The molecule has 19 heteroatoms. The van der Waals surface area contributed by atoms with E-state index in [2.05, 4.69) is 55.4 Å². The lowest BCUT2D eigenvalue weighted by atomic mass is 9.99. The summed E-state index contributed by atoms with van der Waals surface area (Å²) in [6.07, 6.45) is 47.3. The first-order valence-electron chi connectivity index (χ1n) is 38.2. The molecule has 3 N–H and O–H groups in total. The molecule has 3 unspecified atom stereocenters. The van der Waals surface area contributed by atoms with Gasteiger partial charge in [0.2, 0.25) is 0 Å². The summed E-state index contributed by atoms with van der Waals surface area (Å²) in [7, 11) is -9.91. The predicted molar refractivity (Wildman–Crippen MR) is 377 cm³/mol. The number of carbonyl (C=O) groups is 4. The first-order valence-corrected chi connectivity index (χ1v) is 41.2. The Hall–Kier alpha value is -1.94. The number of hydrogen-bond acceptors (Lipinski definition) is 15. The fourth-order valence-corrected chi connectivity index (χ4v) is 12.7. The lowest BCUT2D eigenvalue weighted by molar-refractivity contribution is -0.161. The molecule has 6 atom stereocenters. The summed E-state index contributed by atoms with van der Waals surface area (Å²) in [5, 5.41) is 10.6. The number of aliphatic hydroxyl groups is 1. The first-order chi connectivity index (χ1) is 44.6. The number of phosphoric acid groups is 2. The molecule has 0 aromatic carbocycles. The molecular formula is C74H144O17P2. The van der Waals surface area contributed by atoms with Crippen LogP contribution in [0, 0.1) is 23.7 Å². The third kappa shape index (κ3) is 67.0. The maximum atomic E-state index is 13.1. The van der Waals surface area contributed by atoms with Gasteiger partial charge in [0.25, 0.3) is 0 Å². The Morgan fingerprint density at radius 3 is 0.763 bits per heavy atom. The minimum Gasteiger partial charge on any atom is -0.462 e. The molecule has 93 heavy (non-hydrogen) atoms. The summed E-state index contributed by atoms with van der Waals surface area (Å²) in [5.74, 6) is 0.910. The normalized spacial score (nSPS) is 14.5.